The van der Waals surface area contributed by atoms with Gasteiger partial charge in [0.15, 0.2) is 18.1 Å². The molecule has 0 atom stereocenters. The molecule has 0 aliphatic rings. The molecule has 132 valence electrons. The summed E-state index contributed by atoms with van der Waals surface area (Å²) in [6.45, 7) is 2.16. The summed E-state index contributed by atoms with van der Waals surface area (Å²) in [5.74, 6) is 0.654. The van der Waals surface area contributed by atoms with Gasteiger partial charge >= 0.3 is 0 Å². The predicted octanol–water partition coefficient (Wildman–Crippen LogP) is 3.85. The van der Waals surface area contributed by atoms with Gasteiger partial charge in [-0.3, -0.25) is 4.79 Å². The van der Waals surface area contributed by atoms with Crippen LogP contribution in [0.4, 0.5) is 0 Å². The summed E-state index contributed by atoms with van der Waals surface area (Å²) in [4.78, 5) is 11.8. The molecule has 0 bridgehead atoms. The number of aromatic hydroxyl groups is 1. The molecule has 25 heavy (non-hydrogen) atoms. The van der Waals surface area contributed by atoms with Crippen molar-refractivity contribution in [2.45, 2.75) is 6.92 Å². The quantitative estimate of drug-likeness (QED) is 0.474. The van der Waals surface area contributed by atoms with Crippen molar-refractivity contribution in [2.24, 2.45) is 5.10 Å². The van der Waals surface area contributed by atoms with E-state index in [2.05, 4.69) is 42.4 Å². The van der Waals surface area contributed by atoms with Gasteiger partial charge in [-0.2, -0.15) is 5.10 Å². The van der Waals surface area contributed by atoms with Gasteiger partial charge in [0.2, 0.25) is 0 Å². The molecule has 1 amide bonds. The van der Waals surface area contributed by atoms with E-state index in [9.17, 15) is 9.90 Å². The molecule has 2 aromatic rings. The lowest BCUT2D eigenvalue weighted by Crippen LogP contribution is -2.24. The van der Waals surface area contributed by atoms with E-state index in [4.69, 9.17) is 9.47 Å². The van der Waals surface area contributed by atoms with Gasteiger partial charge in [0.05, 0.1) is 17.3 Å². The van der Waals surface area contributed by atoms with Crippen molar-refractivity contribution in [2.75, 3.05) is 13.2 Å². The smallest absolute Gasteiger partial charge is 0.277 e. The zero-order chi connectivity index (χ0) is 18.2. The first-order chi connectivity index (χ1) is 12.0. The number of amides is 1. The average molecular weight is 472 g/mol. The molecule has 0 aliphatic carbocycles. The first kappa shape index (κ1) is 19.3. The molecular weight excluding hydrogens is 456 g/mol. The number of nitrogens with one attached hydrogen (secondary N) is 1. The molecule has 0 radical (unpaired) electrons. The molecule has 0 unspecified atom stereocenters. The molecule has 8 heteroatoms. The number of phenolic OH excluding ortho intramolecular Hbond substituents is 1. The molecule has 0 aliphatic heterocycles. The fraction of sp³-hybridized carbons (Fsp3) is 0.176. The van der Waals surface area contributed by atoms with Crippen molar-refractivity contribution < 1.29 is 19.4 Å². The third kappa shape index (κ3) is 5.75. The van der Waals surface area contributed by atoms with Gasteiger partial charge in [0.25, 0.3) is 5.91 Å². The van der Waals surface area contributed by atoms with E-state index in [1.807, 2.05) is 13.0 Å². The van der Waals surface area contributed by atoms with E-state index in [-0.39, 0.29) is 12.4 Å². The zero-order valence-corrected chi connectivity index (χ0v) is 16.5. The number of carbonyl (C=O) groups is 1. The van der Waals surface area contributed by atoms with Crippen LogP contribution in [0, 0.1) is 0 Å². The number of rotatable bonds is 7. The van der Waals surface area contributed by atoms with Gasteiger partial charge in [0.1, 0.15) is 5.75 Å². The predicted molar refractivity (Wildman–Crippen MR) is 102 cm³/mol. The van der Waals surface area contributed by atoms with E-state index >= 15 is 0 Å². The number of para-hydroxylation sites is 2. The Labute approximate surface area is 162 Å². The van der Waals surface area contributed by atoms with Crippen LogP contribution < -0.4 is 14.9 Å². The van der Waals surface area contributed by atoms with Gasteiger partial charge in [-0.15, -0.1) is 0 Å². The molecule has 0 saturated carbocycles. The normalized spacial score (nSPS) is 10.7. The van der Waals surface area contributed by atoms with Crippen LogP contribution in [-0.2, 0) is 4.79 Å². The minimum Gasteiger partial charge on any atom is -0.506 e. The molecule has 0 aromatic heterocycles. The van der Waals surface area contributed by atoms with Crippen molar-refractivity contribution in [3.8, 4) is 17.2 Å². The minimum absolute atomic E-state index is 0.0306. The Morgan fingerprint density at radius 2 is 1.92 bits per heavy atom. The Morgan fingerprint density at radius 1 is 1.24 bits per heavy atom. The van der Waals surface area contributed by atoms with E-state index < -0.39 is 5.91 Å². The lowest BCUT2D eigenvalue weighted by Gasteiger charge is -2.10. The van der Waals surface area contributed by atoms with Gasteiger partial charge < -0.3 is 14.6 Å². The highest BCUT2D eigenvalue weighted by molar-refractivity contribution is 9.11. The topological polar surface area (TPSA) is 80.2 Å². The largest absolute Gasteiger partial charge is 0.506 e. The highest BCUT2D eigenvalue weighted by Crippen LogP contribution is 2.30. The number of phenols is 1. The van der Waals surface area contributed by atoms with Crippen molar-refractivity contribution in [3.63, 3.8) is 0 Å². The summed E-state index contributed by atoms with van der Waals surface area (Å²) in [5.41, 5.74) is 2.79. The molecule has 2 rings (SSSR count). The number of benzene rings is 2. The van der Waals surface area contributed by atoms with E-state index in [0.717, 1.165) is 4.47 Å². The Morgan fingerprint density at radius 3 is 2.60 bits per heavy atom. The fourth-order valence-corrected chi connectivity index (χ4v) is 3.14. The Kier molecular flexibility index (Phi) is 7.27. The number of carbonyl (C=O) groups excluding carboxylic acids is 1. The van der Waals surface area contributed by atoms with Gasteiger partial charge in [-0.25, -0.2) is 5.43 Å². The van der Waals surface area contributed by atoms with E-state index in [1.54, 1.807) is 30.3 Å². The summed E-state index contributed by atoms with van der Waals surface area (Å²) >= 11 is 6.54. The van der Waals surface area contributed by atoms with Crippen molar-refractivity contribution >= 4 is 44.0 Å². The van der Waals surface area contributed by atoms with Crippen molar-refractivity contribution in [3.05, 3.63) is 50.9 Å². The Hall–Kier alpha value is -2.06. The molecule has 0 saturated heterocycles. The second-order valence-electron chi connectivity index (χ2n) is 4.79. The Bertz CT molecular complexity index is 781. The molecule has 0 heterocycles. The summed E-state index contributed by atoms with van der Waals surface area (Å²) < 4.78 is 12.1. The van der Waals surface area contributed by atoms with Crippen LogP contribution in [0.3, 0.4) is 0 Å². The molecule has 6 nitrogen and oxygen atoms in total. The number of hydrogen-bond donors (Lipinski definition) is 2. The SMILES string of the molecule is CCOc1ccccc1OCC(=O)N/N=C\c1cc(Br)cc(Br)c1O. The van der Waals surface area contributed by atoms with Gasteiger partial charge in [0, 0.05) is 10.0 Å². The van der Waals surface area contributed by atoms with Gasteiger partial charge in [-0.1, -0.05) is 28.1 Å². The highest BCUT2D eigenvalue weighted by atomic mass is 79.9. The Balaban J connectivity index is 1.91. The second kappa shape index (κ2) is 9.43. The third-order valence-electron chi connectivity index (χ3n) is 2.96. The summed E-state index contributed by atoms with van der Waals surface area (Å²) in [7, 11) is 0. The van der Waals surface area contributed by atoms with E-state index in [0.29, 0.717) is 28.1 Å². The van der Waals surface area contributed by atoms with Crippen molar-refractivity contribution in [1.82, 2.24) is 5.43 Å². The van der Waals surface area contributed by atoms with Crippen LogP contribution in [-0.4, -0.2) is 30.4 Å². The fourth-order valence-electron chi connectivity index (χ4n) is 1.88. The lowest BCUT2D eigenvalue weighted by molar-refractivity contribution is -0.123. The van der Waals surface area contributed by atoms with Crippen LogP contribution >= 0.6 is 31.9 Å². The number of hydrazone groups is 1. The van der Waals surface area contributed by atoms with Crippen LogP contribution in [0.1, 0.15) is 12.5 Å². The molecule has 0 fully saturated rings. The van der Waals surface area contributed by atoms with Gasteiger partial charge in [-0.05, 0) is 47.1 Å². The maximum atomic E-state index is 11.8. The van der Waals surface area contributed by atoms with E-state index in [1.165, 1.54) is 6.21 Å². The number of ether oxygens (including phenoxy) is 2. The average Bonchev–Trinajstić information content (AvgIpc) is 2.58. The molecule has 2 N–H and O–H groups in total. The van der Waals surface area contributed by atoms with Crippen LogP contribution in [0.5, 0.6) is 17.2 Å². The number of halogens is 2. The zero-order valence-electron chi connectivity index (χ0n) is 13.3. The van der Waals surface area contributed by atoms with Crippen molar-refractivity contribution in [1.29, 1.82) is 0 Å². The maximum absolute atomic E-state index is 11.8. The number of hydrogen-bond acceptors (Lipinski definition) is 5. The minimum atomic E-state index is -0.434. The molecular formula is C17H16Br2N2O4. The first-order valence-corrected chi connectivity index (χ1v) is 8.94. The van der Waals surface area contributed by atoms with Crippen LogP contribution in [0.2, 0.25) is 0 Å². The molecule has 0 spiro atoms. The summed E-state index contributed by atoms with van der Waals surface area (Å²) in [6, 6.07) is 10.5. The lowest BCUT2D eigenvalue weighted by atomic mass is 10.2. The summed E-state index contributed by atoms with van der Waals surface area (Å²) in [5, 5.41) is 13.7. The summed E-state index contributed by atoms with van der Waals surface area (Å²) in [6.07, 6.45) is 1.34. The third-order valence-corrected chi connectivity index (χ3v) is 4.02. The standard InChI is InChI=1S/C17H16Br2N2O4/c1-2-24-14-5-3-4-6-15(14)25-10-16(22)21-20-9-11-7-12(18)8-13(19)17(11)23/h3-9,23H,2,10H2,1H3,(H,21,22)/b20-9-. The first-order valence-electron chi connectivity index (χ1n) is 7.35. The van der Waals surface area contributed by atoms with Crippen LogP contribution in [0.15, 0.2) is 50.4 Å². The second-order valence-corrected chi connectivity index (χ2v) is 6.56. The highest BCUT2D eigenvalue weighted by Gasteiger charge is 2.08. The molecule has 2 aromatic carbocycles. The monoisotopic (exact) mass is 470 g/mol. The van der Waals surface area contributed by atoms with Crippen LogP contribution in [0.25, 0.3) is 0 Å². The maximum Gasteiger partial charge on any atom is 0.277 e. The number of nitrogens with zero attached hydrogens (tertiary/aromatic N) is 1.